The average Bonchev–Trinajstić information content (AvgIpc) is 2.94. The second-order valence-electron chi connectivity index (χ2n) is 7.92. The number of anilines is 1. The number of nitrogens with zero attached hydrogens (tertiary/aromatic N) is 1. The fourth-order valence-corrected chi connectivity index (χ4v) is 6.14. The molecule has 1 N–H and O–H groups in total. The van der Waals surface area contributed by atoms with Crippen LogP contribution in [-0.2, 0) is 25.6 Å². The van der Waals surface area contributed by atoms with Gasteiger partial charge in [0.15, 0.2) is 0 Å². The molecule has 2 fully saturated rings. The average molecular weight is 392 g/mol. The van der Waals surface area contributed by atoms with E-state index in [-0.39, 0.29) is 29.3 Å². The second-order valence-corrected chi connectivity index (χ2v) is 9.49. The number of carbonyl (C=O) groups excluding carboxylic acids is 1. The van der Waals surface area contributed by atoms with Crippen molar-refractivity contribution in [2.24, 2.45) is 16.7 Å². The highest BCUT2D eigenvalue weighted by molar-refractivity contribution is 7.86. The van der Waals surface area contributed by atoms with Gasteiger partial charge in [-0.1, -0.05) is 19.9 Å². The molecule has 0 aliphatic heterocycles. The number of methoxy groups -OCH3 is 1. The largest absolute Gasteiger partial charge is 0.495 e. The zero-order valence-electron chi connectivity index (χ0n) is 15.7. The molecule has 0 amide bonds. The smallest absolute Gasteiger partial charge is 0.288 e. The standard InChI is InChI=1S/C19H24N2O5S/c1-18(2)14-6-8-19(18,17(22)11-14)12-27(23,24)26-21-15-10-13(7-9-20)4-5-16(15)25-3/h4-5,10,14,21H,6-8,11-12H2,1-3H3. The molecule has 7 nitrogen and oxygen atoms in total. The summed E-state index contributed by atoms with van der Waals surface area (Å²) in [6, 6.07) is 6.99. The van der Waals surface area contributed by atoms with Gasteiger partial charge in [-0.3, -0.25) is 4.79 Å². The number of hydrogen-bond acceptors (Lipinski definition) is 7. The predicted octanol–water partition coefficient (Wildman–Crippen LogP) is 2.83. The zero-order chi connectivity index (χ0) is 19.9. The molecule has 3 rings (SSSR count). The van der Waals surface area contributed by atoms with E-state index in [0.29, 0.717) is 29.8 Å². The first kappa shape index (κ1) is 19.6. The van der Waals surface area contributed by atoms with Gasteiger partial charge in [0, 0.05) is 6.42 Å². The molecule has 2 aliphatic rings. The first-order chi connectivity index (χ1) is 12.6. The number of nitriles is 1. The lowest BCUT2D eigenvalue weighted by Gasteiger charge is -2.35. The number of carbonyl (C=O) groups is 1. The Morgan fingerprint density at radius 2 is 2.11 bits per heavy atom. The fourth-order valence-electron chi connectivity index (χ4n) is 4.58. The van der Waals surface area contributed by atoms with Gasteiger partial charge in [0.1, 0.15) is 17.2 Å². The van der Waals surface area contributed by atoms with Crippen molar-refractivity contribution < 1.29 is 22.2 Å². The van der Waals surface area contributed by atoms with Crippen LogP contribution in [0.5, 0.6) is 5.75 Å². The summed E-state index contributed by atoms with van der Waals surface area (Å²) >= 11 is 0. The van der Waals surface area contributed by atoms with E-state index in [9.17, 15) is 13.2 Å². The minimum Gasteiger partial charge on any atom is -0.495 e. The molecule has 1 aromatic rings. The number of ether oxygens (including phenoxy) is 1. The van der Waals surface area contributed by atoms with Crippen LogP contribution < -0.4 is 10.2 Å². The summed E-state index contributed by atoms with van der Waals surface area (Å²) in [6.45, 7) is 3.96. The van der Waals surface area contributed by atoms with E-state index in [1.165, 1.54) is 7.11 Å². The van der Waals surface area contributed by atoms with Gasteiger partial charge in [0.2, 0.25) is 0 Å². The minimum absolute atomic E-state index is 0.0181. The normalized spacial score (nSPS) is 26.0. The lowest BCUT2D eigenvalue weighted by Crippen LogP contribution is -2.42. The van der Waals surface area contributed by atoms with E-state index in [1.54, 1.807) is 18.2 Å². The van der Waals surface area contributed by atoms with E-state index in [4.69, 9.17) is 14.3 Å². The Balaban J connectivity index is 1.78. The highest BCUT2D eigenvalue weighted by atomic mass is 32.2. The van der Waals surface area contributed by atoms with Crippen LogP contribution in [0, 0.1) is 28.1 Å². The lowest BCUT2D eigenvalue weighted by atomic mass is 9.70. The number of fused-ring (bicyclic) bond motifs is 2. The van der Waals surface area contributed by atoms with Crippen molar-refractivity contribution in [3.63, 3.8) is 0 Å². The molecule has 0 saturated heterocycles. The summed E-state index contributed by atoms with van der Waals surface area (Å²) in [5.41, 5.74) is 2.21. The van der Waals surface area contributed by atoms with E-state index in [0.717, 1.165) is 6.42 Å². The van der Waals surface area contributed by atoms with Gasteiger partial charge in [-0.15, -0.1) is 0 Å². The Bertz CT molecular complexity index is 903. The Labute approximate surface area is 159 Å². The van der Waals surface area contributed by atoms with Crippen LogP contribution in [0.1, 0.15) is 38.7 Å². The maximum atomic E-state index is 12.7. The highest BCUT2D eigenvalue weighted by Crippen LogP contribution is 2.64. The monoisotopic (exact) mass is 392 g/mol. The van der Waals surface area contributed by atoms with E-state index in [2.05, 4.69) is 5.48 Å². The van der Waals surface area contributed by atoms with Crippen LogP contribution in [0.4, 0.5) is 5.69 Å². The van der Waals surface area contributed by atoms with E-state index in [1.807, 2.05) is 19.9 Å². The van der Waals surface area contributed by atoms with Crippen LogP contribution in [0.2, 0.25) is 0 Å². The molecule has 146 valence electrons. The topological polar surface area (TPSA) is 105 Å². The van der Waals surface area contributed by atoms with E-state index < -0.39 is 15.5 Å². The summed E-state index contributed by atoms with van der Waals surface area (Å²) in [4.78, 5) is 12.6. The predicted molar refractivity (Wildman–Crippen MR) is 99.4 cm³/mol. The van der Waals surface area contributed by atoms with Crippen molar-refractivity contribution in [2.75, 3.05) is 18.3 Å². The molecule has 2 bridgehead atoms. The minimum atomic E-state index is -4.01. The van der Waals surface area contributed by atoms with Gasteiger partial charge in [0.05, 0.1) is 30.8 Å². The molecule has 2 aliphatic carbocycles. The Kier molecular flexibility index (Phi) is 4.95. The van der Waals surface area contributed by atoms with Gasteiger partial charge in [0.25, 0.3) is 10.1 Å². The van der Waals surface area contributed by atoms with Gasteiger partial charge in [-0.2, -0.15) is 18.0 Å². The molecule has 2 unspecified atom stereocenters. The van der Waals surface area contributed by atoms with Gasteiger partial charge in [-0.25, -0.2) is 5.48 Å². The number of benzene rings is 1. The maximum Gasteiger partial charge on any atom is 0.288 e. The molecule has 2 saturated carbocycles. The Morgan fingerprint density at radius 1 is 1.37 bits per heavy atom. The molecule has 8 heteroatoms. The first-order valence-corrected chi connectivity index (χ1v) is 10.5. The molecule has 1 aromatic carbocycles. The molecule has 0 spiro atoms. The van der Waals surface area contributed by atoms with Crippen LogP contribution >= 0.6 is 0 Å². The van der Waals surface area contributed by atoms with Crippen molar-refractivity contribution in [3.05, 3.63) is 23.8 Å². The first-order valence-electron chi connectivity index (χ1n) is 8.89. The molecule has 2 atom stereocenters. The maximum absolute atomic E-state index is 12.7. The third-order valence-corrected chi connectivity index (χ3v) is 7.57. The number of hydrogen-bond donors (Lipinski definition) is 1. The lowest BCUT2D eigenvalue weighted by molar-refractivity contribution is -0.128. The summed E-state index contributed by atoms with van der Waals surface area (Å²) in [6.07, 6.45) is 2.07. The van der Waals surface area contributed by atoms with Gasteiger partial charge < -0.3 is 4.74 Å². The number of rotatable bonds is 7. The highest BCUT2D eigenvalue weighted by Gasteiger charge is 2.65. The summed E-state index contributed by atoms with van der Waals surface area (Å²) < 4.78 is 35.6. The fraction of sp³-hybridized carbons (Fsp3) is 0.579. The number of nitrogens with one attached hydrogen (secondary N) is 1. The molecule has 0 radical (unpaired) electrons. The molecule has 0 aromatic heterocycles. The second kappa shape index (κ2) is 6.80. The Morgan fingerprint density at radius 3 is 2.67 bits per heavy atom. The van der Waals surface area contributed by atoms with Crippen LogP contribution in [0.25, 0.3) is 0 Å². The number of ketones is 1. The molecule has 0 heterocycles. The van der Waals surface area contributed by atoms with E-state index >= 15 is 0 Å². The summed E-state index contributed by atoms with van der Waals surface area (Å²) in [5, 5.41) is 8.83. The summed E-state index contributed by atoms with van der Waals surface area (Å²) in [7, 11) is -2.56. The van der Waals surface area contributed by atoms with Gasteiger partial charge in [-0.05, 0) is 41.9 Å². The SMILES string of the molecule is COc1ccc(CC#N)cc1NOS(=O)(=O)CC12CCC(CC1=O)C2(C)C. The van der Waals surface area contributed by atoms with Crippen molar-refractivity contribution in [3.8, 4) is 11.8 Å². The number of Topliss-reactive ketones (excluding diaryl/α,β-unsaturated/α-hetero) is 1. The third-order valence-electron chi connectivity index (χ3n) is 6.39. The molecule has 27 heavy (non-hydrogen) atoms. The van der Waals surface area contributed by atoms with Crippen molar-refractivity contribution >= 4 is 21.6 Å². The zero-order valence-corrected chi connectivity index (χ0v) is 16.6. The molecular formula is C19H24N2O5S. The summed E-state index contributed by atoms with van der Waals surface area (Å²) in [5.74, 6) is 0.305. The Hall–Kier alpha value is -2.11. The van der Waals surface area contributed by atoms with Crippen LogP contribution in [0.15, 0.2) is 18.2 Å². The molecular weight excluding hydrogens is 368 g/mol. The quantitative estimate of drug-likeness (QED) is 0.711. The van der Waals surface area contributed by atoms with Gasteiger partial charge >= 0.3 is 0 Å². The van der Waals surface area contributed by atoms with Crippen LogP contribution in [0.3, 0.4) is 0 Å². The van der Waals surface area contributed by atoms with Crippen LogP contribution in [-0.4, -0.2) is 27.1 Å². The third kappa shape index (κ3) is 3.30. The van der Waals surface area contributed by atoms with Crippen molar-refractivity contribution in [1.29, 1.82) is 5.26 Å². The van der Waals surface area contributed by atoms with Crippen molar-refractivity contribution in [1.82, 2.24) is 0 Å². The van der Waals surface area contributed by atoms with Crippen molar-refractivity contribution in [2.45, 2.75) is 39.5 Å².